The second-order valence-electron chi connectivity index (χ2n) is 13.1. The van der Waals surface area contributed by atoms with Gasteiger partial charge >= 0.3 is 11.9 Å². The Balaban J connectivity index is 1.40. The molecule has 0 amide bonds. The molecule has 0 fully saturated rings. The van der Waals surface area contributed by atoms with Crippen LogP contribution in [0.1, 0.15) is 131 Å². The Hall–Kier alpha value is -5.05. The van der Waals surface area contributed by atoms with Crippen molar-refractivity contribution >= 4 is 23.3 Å². The van der Waals surface area contributed by atoms with Crippen LogP contribution in [0.4, 0.5) is 11.4 Å². The molecule has 53 heavy (non-hydrogen) atoms. The van der Waals surface area contributed by atoms with Crippen molar-refractivity contribution in [2.45, 2.75) is 117 Å². The van der Waals surface area contributed by atoms with Gasteiger partial charge in [-0.25, -0.2) is 9.59 Å². The molecule has 0 aliphatic carbocycles. The number of ether oxygens (including phenoxy) is 4. The van der Waals surface area contributed by atoms with Crippen LogP contribution in [-0.4, -0.2) is 29.6 Å². The van der Waals surface area contributed by atoms with Gasteiger partial charge in [0.25, 0.3) is 0 Å². The van der Waals surface area contributed by atoms with E-state index < -0.39 is 11.9 Å². The van der Waals surface area contributed by atoms with E-state index in [0.717, 1.165) is 44.9 Å². The molecule has 1 aromatic heterocycles. The Labute approximate surface area is 315 Å². The summed E-state index contributed by atoms with van der Waals surface area (Å²) in [6.07, 6.45) is 14.5. The molecule has 0 aliphatic rings. The highest BCUT2D eigenvalue weighted by atomic mass is 16.5. The maximum atomic E-state index is 13.2. The molecule has 282 valence electrons. The van der Waals surface area contributed by atoms with Gasteiger partial charge in [-0.15, -0.1) is 5.11 Å². The van der Waals surface area contributed by atoms with Gasteiger partial charge in [0.15, 0.2) is 0 Å². The number of pyridine rings is 1. The first kappa shape index (κ1) is 40.7. The smallest absolute Gasteiger partial charge is 0.344 e. The summed E-state index contributed by atoms with van der Waals surface area (Å²) in [5.41, 5.74) is 3.04. The van der Waals surface area contributed by atoms with Gasteiger partial charge in [0, 0.05) is 6.07 Å². The lowest BCUT2D eigenvalue weighted by Gasteiger charge is -2.18. The Kier molecular flexibility index (Phi) is 17.5. The number of benzene rings is 3. The Bertz CT molecular complexity index is 1710. The summed E-state index contributed by atoms with van der Waals surface area (Å²) in [6.45, 7) is 9.17. The van der Waals surface area contributed by atoms with Crippen molar-refractivity contribution < 1.29 is 28.5 Å². The number of aryl methyl sites for hydroxylation is 1. The van der Waals surface area contributed by atoms with Gasteiger partial charge in [-0.1, -0.05) is 91.2 Å². The summed E-state index contributed by atoms with van der Waals surface area (Å²) in [4.78, 5) is 30.4. The van der Waals surface area contributed by atoms with E-state index in [4.69, 9.17) is 18.9 Å². The van der Waals surface area contributed by atoms with Crippen molar-refractivity contribution in [1.29, 1.82) is 0 Å². The number of rotatable bonds is 23. The normalized spacial score (nSPS) is 11.7. The molecule has 0 spiro atoms. The first-order valence-electron chi connectivity index (χ1n) is 19.4. The molecule has 0 saturated heterocycles. The number of aromatic nitrogens is 1. The summed E-state index contributed by atoms with van der Waals surface area (Å²) in [5, 5.41) is 8.89. The second-order valence-corrected chi connectivity index (χ2v) is 13.1. The number of esters is 2. The van der Waals surface area contributed by atoms with Crippen LogP contribution in [0.25, 0.3) is 0 Å². The molecule has 9 nitrogen and oxygen atoms in total. The van der Waals surface area contributed by atoms with Gasteiger partial charge in [0.05, 0.1) is 23.4 Å². The van der Waals surface area contributed by atoms with Crippen LogP contribution in [0.5, 0.6) is 23.3 Å². The quantitative estimate of drug-likeness (QED) is 0.0324. The zero-order chi connectivity index (χ0) is 37.7. The molecule has 1 heterocycles. The van der Waals surface area contributed by atoms with Gasteiger partial charge < -0.3 is 18.9 Å². The van der Waals surface area contributed by atoms with E-state index in [0.29, 0.717) is 35.0 Å². The van der Waals surface area contributed by atoms with Crippen LogP contribution >= 0.6 is 0 Å². The standard InChI is InChI=1S/C44H55N3O6/c1-5-9-11-12-13-14-15-16-17-37(8-4)51-42-40(47-46-36-24-18-33(7-3)19-25-36)30-31-41(45-42)53-44(49)35-22-28-39(29-23-35)52-43(48)34-20-26-38(27-21-34)50-32-10-6-2/h18-31,37H,5-17,32H2,1-4H3. The average Bonchev–Trinajstić information content (AvgIpc) is 3.19. The van der Waals surface area contributed by atoms with Gasteiger partial charge in [0.1, 0.15) is 23.3 Å². The van der Waals surface area contributed by atoms with Crippen LogP contribution in [0.2, 0.25) is 0 Å². The molecule has 0 bridgehead atoms. The topological polar surface area (TPSA) is 109 Å². The average molecular weight is 722 g/mol. The molecular formula is C44H55N3O6. The molecule has 3 aromatic carbocycles. The van der Waals surface area contributed by atoms with E-state index >= 15 is 0 Å². The Morgan fingerprint density at radius 2 is 1.23 bits per heavy atom. The Morgan fingerprint density at radius 3 is 1.85 bits per heavy atom. The zero-order valence-electron chi connectivity index (χ0n) is 31.9. The first-order chi connectivity index (χ1) is 25.9. The van der Waals surface area contributed by atoms with E-state index in [9.17, 15) is 9.59 Å². The van der Waals surface area contributed by atoms with Crippen molar-refractivity contribution in [2.75, 3.05) is 6.61 Å². The lowest BCUT2D eigenvalue weighted by atomic mass is 10.0. The molecule has 9 heteroatoms. The number of hydrogen-bond donors (Lipinski definition) is 0. The molecule has 1 unspecified atom stereocenters. The SMILES string of the molecule is CCCCCCCCCCC(CC)Oc1nc(OC(=O)c2ccc(OC(=O)c3ccc(OCCCC)cc3)cc2)ccc1N=Nc1ccc(CC)cc1. The minimum absolute atomic E-state index is 0.0707. The third-order valence-corrected chi connectivity index (χ3v) is 8.90. The minimum atomic E-state index is -0.614. The van der Waals surface area contributed by atoms with Gasteiger partial charge in [-0.3, -0.25) is 0 Å². The summed E-state index contributed by atoms with van der Waals surface area (Å²) in [7, 11) is 0. The van der Waals surface area contributed by atoms with Crippen molar-refractivity contribution in [2.24, 2.45) is 10.2 Å². The maximum Gasteiger partial charge on any atom is 0.344 e. The number of carbonyl (C=O) groups is 2. The zero-order valence-corrected chi connectivity index (χ0v) is 31.9. The summed E-state index contributed by atoms with van der Waals surface area (Å²) < 4.78 is 23.3. The van der Waals surface area contributed by atoms with Gasteiger partial charge in [-0.2, -0.15) is 10.1 Å². The van der Waals surface area contributed by atoms with E-state index in [-0.39, 0.29) is 23.4 Å². The third-order valence-electron chi connectivity index (χ3n) is 8.90. The summed E-state index contributed by atoms with van der Waals surface area (Å²) in [6, 6.07) is 24.2. The second kappa shape index (κ2) is 22.8. The monoisotopic (exact) mass is 721 g/mol. The highest BCUT2D eigenvalue weighted by Gasteiger charge is 2.17. The van der Waals surface area contributed by atoms with E-state index in [1.54, 1.807) is 48.5 Å². The van der Waals surface area contributed by atoms with Crippen molar-refractivity contribution in [3.05, 3.63) is 102 Å². The van der Waals surface area contributed by atoms with E-state index in [2.05, 4.69) is 42.9 Å². The predicted octanol–water partition coefficient (Wildman–Crippen LogP) is 12.4. The van der Waals surface area contributed by atoms with Crippen LogP contribution in [0, 0.1) is 0 Å². The van der Waals surface area contributed by atoms with Crippen LogP contribution in [0.3, 0.4) is 0 Å². The maximum absolute atomic E-state index is 13.2. The lowest BCUT2D eigenvalue weighted by Crippen LogP contribution is -2.16. The largest absolute Gasteiger partial charge is 0.494 e. The number of unbranched alkanes of at least 4 members (excludes halogenated alkanes) is 8. The fraction of sp³-hybridized carbons (Fsp3) is 0.432. The lowest BCUT2D eigenvalue weighted by molar-refractivity contribution is 0.0723. The fourth-order valence-electron chi connectivity index (χ4n) is 5.56. The van der Waals surface area contributed by atoms with Crippen LogP contribution < -0.4 is 18.9 Å². The molecule has 4 aromatic rings. The Morgan fingerprint density at radius 1 is 0.623 bits per heavy atom. The first-order valence-corrected chi connectivity index (χ1v) is 19.4. The van der Waals surface area contributed by atoms with Crippen molar-refractivity contribution in [3.63, 3.8) is 0 Å². The number of nitrogens with zero attached hydrogens (tertiary/aromatic N) is 3. The van der Waals surface area contributed by atoms with Crippen molar-refractivity contribution in [1.82, 2.24) is 4.98 Å². The van der Waals surface area contributed by atoms with Gasteiger partial charge in [-0.05, 0) is 104 Å². The van der Waals surface area contributed by atoms with Crippen LogP contribution in [-0.2, 0) is 6.42 Å². The summed E-state index contributed by atoms with van der Waals surface area (Å²) in [5.74, 6) is 0.210. The number of azo groups is 1. The number of carbonyl (C=O) groups excluding carboxylic acids is 2. The highest BCUT2D eigenvalue weighted by Crippen LogP contribution is 2.32. The molecular weight excluding hydrogens is 666 g/mol. The van der Waals surface area contributed by atoms with Crippen LogP contribution in [0.15, 0.2) is 95.2 Å². The van der Waals surface area contributed by atoms with E-state index in [1.165, 1.54) is 56.2 Å². The molecule has 4 rings (SSSR count). The third kappa shape index (κ3) is 14.1. The van der Waals surface area contributed by atoms with Gasteiger partial charge in [0.2, 0.25) is 11.8 Å². The fourth-order valence-corrected chi connectivity index (χ4v) is 5.56. The molecule has 0 aliphatic heterocycles. The number of hydrogen-bond acceptors (Lipinski definition) is 9. The molecule has 0 radical (unpaired) electrons. The molecule has 0 saturated carbocycles. The van der Waals surface area contributed by atoms with E-state index in [1.807, 2.05) is 24.3 Å². The summed E-state index contributed by atoms with van der Waals surface area (Å²) >= 11 is 0. The molecule has 1 atom stereocenters. The van der Waals surface area contributed by atoms with Crippen molar-refractivity contribution in [3.8, 4) is 23.3 Å². The predicted molar refractivity (Wildman–Crippen MR) is 209 cm³/mol. The molecule has 0 N–H and O–H groups in total. The minimum Gasteiger partial charge on any atom is -0.494 e. The highest BCUT2D eigenvalue weighted by molar-refractivity contribution is 5.92.